The molecule has 1 aliphatic rings. The molecule has 0 radical (unpaired) electrons. The van der Waals surface area contributed by atoms with Crippen molar-refractivity contribution >= 4 is 0 Å². The van der Waals surface area contributed by atoms with Crippen molar-refractivity contribution in [2.75, 3.05) is 39.4 Å². The van der Waals surface area contributed by atoms with Gasteiger partial charge in [0, 0.05) is 31.2 Å². The molecule has 0 amide bonds. The summed E-state index contributed by atoms with van der Waals surface area (Å²) >= 11 is 0. The molecule has 3 nitrogen and oxygen atoms in total. The average molecular weight is 284 g/mol. The van der Waals surface area contributed by atoms with Gasteiger partial charge in [0.15, 0.2) is 0 Å². The zero-order valence-electron chi connectivity index (χ0n) is 14.4. The molecule has 0 bridgehead atoms. The van der Waals surface area contributed by atoms with Gasteiger partial charge in [0.1, 0.15) is 0 Å². The summed E-state index contributed by atoms with van der Waals surface area (Å²) in [6.45, 7) is 17.9. The minimum atomic E-state index is 0.312. The van der Waals surface area contributed by atoms with Crippen LogP contribution in [-0.4, -0.2) is 50.3 Å². The Morgan fingerprint density at radius 1 is 1.25 bits per heavy atom. The Labute approximate surface area is 126 Å². The highest BCUT2D eigenvalue weighted by molar-refractivity contribution is 4.88. The van der Waals surface area contributed by atoms with E-state index >= 15 is 0 Å². The van der Waals surface area contributed by atoms with Crippen molar-refractivity contribution in [3.63, 3.8) is 0 Å². The fourth-order valence-electron chi connectivity index (χ4n) is 3.09. The molecule has 1 saturated heterocycles. The lowest BCUT2D eigenvalue weighted by atomic mass is 9.81. The predicted molar refractivity (Wildman–Crippen MR) is 87.2 cm³/mol. The fourth-order valence-corrected chi connectivity index (χ4v) is 3.09. The summed E-state index contributed by atoms with van der Waals surface area (Å²) in [5.74, 6) is 0.716. The van der Waals surface area contributed by atoms with Crippen molar-refractivity contribution in [1.29, 1.82) is 0 Å². The molecule has 120 valence electrons. The van der Waals surface area contributed by atoms with Gasteiger partial charge < -0.3 is 15.0 Å². The summed E-state index contributed by atoms with van der Waals surface area (Å²) in [4.78, 5) is 2.63. The standard InChI is InChI=1S/C17H36N2O/c1-6-9-19(16(4)5)13-17(8-7-10-20-14-17)12-18-11-15(2)3/h15-16,18H,6-14H2,1-5H3. The first-order valence-corrected chi connectivity index (χ1v) is 8.51. The third-order valence-corrected chi connectivity index (χ3v) is 4.24. The van der Waals surface area contributed by atoms with Crippen molar-refractivity contribution < 1.29 is 4.74 Å². The highest BCUT2D eigenvalue weighted by Gasteiger charge is 2.35. The van der Waals surface area contributed by atoms with Gasteiger partial charge in [0.2, 0.25) is 0 Å². The Bertz CT molecular complexity index is 247. The van der Waals surface area contributed by atoms with Crippen molar-refractivity contribution in [2.24, 2.45) is 11.3 Å². The second-order valence-electron chi connectivity index (χ2n) is 7.25. The van der Waals surface area contributed by atoms with Gasteiger partial charge in [-0.15, -0.1) is 0 Å². The lowest BCUT2D eigenvalue weighted by Gasteiger charge is -2.42. The van der Waals surface area contributed by atoms with E-state index in [1.165, 1.54) is 32.4 Å². The van der Waals surface area contributed by atoms with E-state index in [0.717, 1.165) is 26.3 Å². The molecular formula is C17H36N2O. The van der Waals surface area contributed by atoms with E-state index < -0.39 is 0 Å². The van der Waals surface area contributed by atoms with Crippen LogP contribution in [0.25, 0.3) is 0 Å². The zero-order chi connectivity index (χ0) is 15.0. The van der Waals surface area contributed by atoms with Gasteiger partial charge in [0.05, 0.1) is 6.61 Å². The lowest BCUT2D eigenvalue weighted by Crippen LogP contribution is -2.51. The van der Waals surface area contributed by atoms with Gasteiger partial charge >= 0.3 is 0 Å². The van der Waals surface area contributed by atoms with Crippen molar-refractivity contribution in [3.8, 4) is 0 Å². The Hall–Kier alpha value is -0.120. The first kappa shape index (κ1) is 17.9. The average Bonchev–Trinajstić information content (AvgIpc) is 2.39. The third-order valence-electron chi connectivity index (χ3n) is 4.24. The zero-order valence-corrected chi connectivity index (χ0v) is 14.4. The third kappa shape index (κ3) is 6.11. The first-order chi connectivity index (χ1) is 9.49. The molecule has 1 aliphatic heterocycles. The second-order valence-corrected chi connectivity index (χ2v) is 7.25. The number of rotatable bonds is 9. The molecule has 1 heterocycles. The molecule has 1 rings (SSSR count). The van der Waals surface area contributed by atoms with Gasteiger partial charge in [-0.25, -0.2) is 0 Å². The van der Waals surface area contributed by atoms with E-state index in [1.54, 1.807) is 0 Å². The number of hydrogen-bond donors (Lipinski definition) is 1. The normalized spacial score (nSPS) is 24.0. The van der Waals surface area contributed by atoms with Crippen LogP contribution in [0, 0.1) is 11.3 Å². The first-order valence-electron chi connectivity index (χ1n) is 8.51. The topological polar surface area (TPSA) is 24.5 Å². The highest BCUT2D eigenvalue weighted by atomic mass is 16.5. The van der Waals surface area contributed by atoms with E-state index in [1.807, 2.05) is 0 Å². The van der Waals surface area contributed by atoms with Crippen LogP contribution in [0.3, 0.4) is 0 Å². The van der Waals surface area contributed by atoms with Crippen LogP contribution >= 0.6 is 0 Å². The number of hydrogen-bond acceptors (Lipinski definition) is 3. The number of nitrogens with one attached hydrogen (secondary N) is 1. The van der Waals surface area contributed by atoms with E-state index in [9.17, 15) is 0 Å². The maximum absolute atomic E-state index is 5.84. The number of ether oxygens (including phenoxy) is 1. The summed E-state index contributed by atoms with van der Waals surface area (Å²) in [5, 5.41) is 3.68. The fraction of sp³-hybridized carbons (Fsp3) is 1.00. The van der Waals surface area contributed by atoms with Crippen LogP contribution in [-0.2, 0) is 4.74 Å². The van der Waals surface area contributed by atoms with Gasteiger partial charge in [-0.2, -0.15) is 0 Å². The summed E-state index contributed by atoms with van der Waals surface area (Å²) < 4.78 is 5.84. The van der Waals surface area contributed by atoms with Crippen LogP contribution in [0.2, 0.25) is 0 Å². The van der Waals surface area contributed by atoms with E-state index in [-0.39, 0.29) is 0 Å². The van der Waals surface area contributed by atoms with Gasteiger partial charge in [-0.3, -0.25) is 0 Å². The summed E-state index contributed by atoms with van der Waals surface area (Å²) in [7, 11) is 0. The van der Waals surface area contributed by atoms with Crippen LogP contribution in [0.4, 0.5) is 0 Å². The molecule has 1 unspecified atom stereocenters. The molecule has 0 aliphatic carbocycles. The Kier molecular flexibility index (Phi) is 8.08. The molecule has 1 atom stereocenters. The maximum Gasteiger partial charge on any atom is 0.0546 e. The van der Waals surface area contributed by atoms with Crippen LogP contribution in [0.5, 0.6) is 0 Å². The quantitative estimate of drug-likeness (QED) is 0.704. The molecule has 0 aromatic rings. The molecule has 0 aromatic heterocycles. The van der Waals surface area contributed by atoms with Crippen molar-refractivity contribution in [3.05, 3.63) is 0 Å². The Balaban J connectivity index is 2.61. The second kappa shape index (κ2) is 9.01. The SMILES string of the molecule is CCCN(CC1(CNCC(C)C)CCCOC1)C(C)C. The van der Waals surface area contributed by atoms with Gasteiger partial charge in [-0.1, -0.05) is 20.8 Å². The Morgan fingerprint density at radius 2 is 2.00 bits per heavy atom. The van der Waals surface area contributed by atoms with Crippen LogP contribution in [0.1, 0.15) is 53.9 Å². The smallest absolute Gasteiger partial charge is 0.0546 e. The van der Waals surface area contributed by atoms with Crippen LogP contribution < -0.4 is 5.32 Å². The summed E-state index contributed by atoms with van der Waals surface area (Å²) in [5.41, 5.74) is 0.312. The molecule has 20 heavy (non-hydrogen) atoms. The van der Waals surface area contributed by atoms with Gasteiger partial charge in [0.25, 0.3) is 0 Å². The van der Waals surface area contributed by atoms with Gasteiger partial charge in [-0.05, 0) is 52.1 Å². The lowest BCUT2D eigenvalue weighted by molar-refractivity contribution is -0.0310. The summed E-state index contributed by atoms with van der Waals surface area (Å²) in [6, 6.07) is 0.624. The largest absolute Gasteiger partial charge is 0.381 e. The maximum atomic E-state index is 5.84. The molecule has 1 fully saturated rings. The van der Waals surface area contributed by atoms with E-state index in [4.69, 9.17) is 4.74 Å². The monoisotopic (exact) mass is 284 g/mol. The molecule has 0 saturated carbocycles. The van der Waals surface area contributed by atoms with Crippen molar-refractivity contribution in [1.82, 2.24) is 10.2 Å². The molecule has 3 heteroatoms. The van der Waals surface area contributed by atoms with E-state index in [0.29, 0.717) is 17.4 Å². The Morgan fingerprint density at radius 3 is 2.50 bits per heavy atom. The molecular weight excluding hydrogens is 248 g/mol. The highest BCUT2D eigenvalue weighted by Crippen LogP contribution is 2.30. The molecule has 0 aromatic carbocycles. The molecule has 1 N–H and O–H groups in total. The van der Waals surface area contributed by atoms with Crippen molar-refractivity contribution in [2.45, 2.75) is 59.9 Å². The number of nitrogens with zero attached hydrogens (tertiary/aromatic N) is 1. The van der Waals surface area contributed by atoms with Crippen LogP contribution in [0.15, 0.2) is 0 Å². The minimum absolute atomic E-state index is 0.312. The van der Waals surface area contributed by atoms with E-state index in [2.05, 4.69) is 44.8 Å². The predicted octanol–water partition coefficient (Wildman–Crippen LogP) is 3.15. The molecule has 0 spiro atoms. The summed E-state index contributed by atoms with van der Waals surface area (Å²) in [6.07, 6.45) is 3.74. The minimum Gasteiger partial charge on any atom is -0.381 e.